The second-order valence-electron chi connectivity index (χ2n) is 6.54. The van der Waals surface area contributed by atoms with Gasteiger partial charge in [0.25, 0.3) is 0 Å². The van der Waals surface area contributed by atoms with E-state index in [1.54, 1.807) is 11.0 Å². The van der Waals surface area contributed by atoms with Crippen molar-refractivity contribution < 1.29 is 18.0 Å². The standard InChI is InChI=1S/C21H21F3N2O/c22-21(23,24)19-9-6-17(7-10-19)8-11-20(27)26-14-12-25(13-15-26)16-18-4-2-1-3-5-18/h1-11H,12-16H2. The minimum Gasteiger partial charge on any atom is -0.337 e. The number of alkyl halides is 3. The van der Waals surface area contributed by atoms with Gasteiger partial charge in [-0.3, -0.25) is 9.69 Å². The highest BCUT2D eigenvalue weighted by Gasteiger charge is 2.29. The minimum absolute atomic E-state index is 0.116. The lowest BCUT2D eigenvalue weighted by Gasteiger charge is -2.34. The number of carbonyl (C=O) groups is 1. The zero-order chi connectivity index (χ0) is 19.3. The van der Waals surface area contributed by atoms with E-state index in [2.05, 4.69) is 17.0 Å². The van der Waals surface area contributed by atoms with Crippen molar-refractivity contribution in [2.45, 2.75) is 12.7 Å². The molecule has 0 atom stereocenters. The van der Waals surface area contributed by atoms with Crippen LogP contribution >= 0.6 is 0 Å². The minimum atomic E-state index is -4.35. The zero-order valence-electron chi connectivity index (χ0n) is 14.8. The fraction of sp³-hybridized carbons (Fsp3) is 0.286. The number of halogens is 3. The van der Waals surface area contributed by atoms with Gasteiger partial charge in [-0.05, 0) is 29.3 Å². The molecule has 1 fully saturated rings. The SMILES string of the molecule is O=C(C=Cc1ccc(C(F)(F)F)cc1)N1CCN(Cc2ccccc2)CC1. The Kier molecular flexibility index (Phi) is 5.96. The number of benzene rings is 2. The van der Waals surface area contributed by atoms with Crippen molar-refractivity contribution >= 4 is 12.0 Å². The highest BCUT2D eigenvalue weighted by molar-refractivity contribution is 5.91. The molecule has 6 heteroatoms. The summed E-state index contributed by atoms with van der Waals surface area (Å²) in [6.45, 7) is 3.75. The molecule has 27 heavy (non-hydrogen) atoms. The Balaban J connectivity index is 1.50. The summed E-state index contributed by atoms with van der Waals surface area (Å²) in [6.07, 6.45) is -1.37. The second kappa shape index (κ2) is 8.39. The maximum atomic E-state index is 12.6. The average molecular weight is 374 g/mol. The molecule has 2 aromatic carbocycles. The highest BCUT2D eigenvalue weighted by atomic mass is 19.4. The Bertz CT molecular complexity index is 777. The van der Waals surface area contributed by atoms with Crippen LogP contribution in [0.1, 0.15) is 16.7 Å². The van der Waals surface area contributed by atoms with Crippen molar-refractivity contribution in [3.8, 4) is 0 Å². The summed E-state index contributed by atoms with van der Waals surface area (Å²) >= 11 is 0. The molecule has 3 rings (SSSR count). The maximum Gasteiger partial charge on any atom is 0.416 e. The molecule has 0 radical (unpaired) electrons. The number of carbonyl (C=O) groups excluding carboxylic acids is 1. The van der Waals surface area contributed by atoms with Crippen molar-refractivity contribution in [2.75, 3.05) is 26.2 Å². The van der Waals surface area contributed by atoms with Crippen LogP contribution in [0.4, 0.5) is 13.2 Å². The third-order valence-corrected chi connectivity index (χ3v) is 4.59. The maximum absolute atomic E-state index is 12.6. The molecule has 0 bridgehead atoms. The van der Waals surface area contributed by atoms with E-state index in [4.69, 9.17) is 0 Å². The predicted molar refractivity (Wildman–Crippen MR) is 98.8 cm³/mol. The van der Waals surface area contributed by atoms with Crippen LogP contribution in [0, 0.1) is 0 Å². The van der Waals surface area contributed by atoms with Crippen LogP contribution in [0.3, 0.4) is 0 Å². The zero-order valence-corrected chi connectivity index (χ0v) is 14.8. The summed E-state index contributed by atoms with van der Waals surface area (Å²) < 4.78 is 37.7. The van der Waals surface area contributed by atoms with Gasteiger partial charge in [0.05, 0.1) is 5.56 Å². The first-order valence-electron chi connectivity index (χ1n) is 8.82. The van der Waals surface area contributed by atoms with E-state index in [1.165, 1.54) is 23.8 Å². The molecule has 2 aromatic rings. The molecular weight excluding hydrogens is 353 g/mol. The molecule has 0 saturated carbocycles. The highest BCUT2D eigenvalue weighted by Crippen LogP contribution is 2.29. The van der Waals surface area contributed by atoms with Crippen molar-refractivity contribution in [1.29, 1.82) is 0 Å². The lowest BCUT2D eigenvalue weighted by Crippen LogP contribution is -2.47. The molecule has 0 unspecified atom stereocenters. The molecule has 3 nitrogen and oxygen atoms in total. The van der Waals surface area contributed by atoms with E-state index < -0.39 is 11.7 Å². The molecule has 1 amide bonds. The molecular formula is C21H21F3N2O. The van der Waals surface area contributed by atoms with Crippen LogP contribution in [0.5, 0.6) is 0 Å². The molecule has 0 aliphatic carbocycles. The van der Waals surface area contributed by atoms with Crippen molar-refractivity contribution in [2.24, 2.45) is 0 Å². The quantitative estimate of drug-likeness (QED) is 0.754. The van der Waals surface area contributed by atoms with Crippen LogP contribution in [0.2, 0.25) is 0 Å². The lowest BCUT2D eigenvalue weighted by molar-refractivity contribution is -0.137. The molecule has 1 saturated heterocycles. The summed E-state index contributed by atoms with van der Waals surface area (Å²) in [6, 6.07) is 15.0. The van der Waals surface area contributed by atoms with Gasteiger partial charge in [0, 0.05) is 38.8 Å². The van der Waals surface area contributed by atoms with Gasteiger partial charge in [0.15, 0.2) is 0 Å². The fourth-order valence-electron chi connectivity index (χ4n) is 3.02. The number of piperazine rings is 1. The Morgan fingerprint density at radius 3 is 2.15 bits per heavy atom. The van der Waals surface area contributed by atoms with Crippen molar-refractivity contribution in [3.63, 3.8) is 0 Å². The number of rotatable bonds is 4. The van der Waals surface area contributed by atoms with Gasteiger partial charge in [0.1, 0.15) is 0 Å². The fourth-order valence-corrected chi connectivity index (χ4v) is 3.02. The van der Waals surface area contributed by atoms with Crippen LogP contribution in [-0.4, -0.2) is 41.9 Å². The number of amides is 1. The first kappa shape index (κ1) is 19.2. The Hall–Kier alpha value is -2.60. The van der Waals surface area contributed by atoms with E-state index in [0.29, 0.717) is 18.7 Å². The Morgan fingerprint density at radius 1 is 0.926 bits per heavy atom. The molecule has 142 valence electrons. The molecule has 0 N–H and O–H groups in total. The molecule has 0 aromatic heterocycles. The predicted octanol–water partition coefficient (Wildman–Crippen LogP) is 4.06. The normalized spacial score (nSPS) is 16.0. The van der Waals surface area contributed by atoms with Crippen LogP contribution in [0.15, 0.2) is 60.7 Å². The number of hydrogen-bond donors (Lipinski definition) is 0. The van der Waals surface area contributed by atoms with Crippen LogP contribution in [0.25, 0.3) is 6.08 Å². The van der Waals surface area contributed by atoms with Crippen molar-refractivity contribution in [1.82, 2.24) is 9.80 Å². The topological polar surface area (TPSA) is 23.6 Å². The summed E-state index contributed by atoms with van der Waals surface area (Å²) in [5.74, 6) is -0.116. The Morgan fingerprint density at radius 2 is 1.56 bits per heavy atom. The summed E-state index contributed by atoms with van der Waals surface area (Å²) in [5, 5.41) is 0. The number of hydrogen-bond acceptors (Lipinski definition) is 2. The van der Waals surface area contributed by atoms with Gasteiger partial charge in [-0.15, -0.1) is 0 Å². The second-order valence-corrected chi connectivity index (χ2v) is 6.54. The van der Waals surface area contributed by atoms with E-state index in [-0.39, 0.29) is 5.91 Å². The largest absolute Gasteiger partial charge is 0.416 e. The Labute approximate surface area is 156 Å². The van der Waals surface area contributed by atoms with E-state index >= 15 is 0 Å². The van der Waals surface area contributed by atoms with Crippen molar-refractivity contribution in [3.05, 3.63) is 77.4 Å². The first-order valence-corrected chi connectivity index (χ1v) is 8.82. The molecule has 1 aliphatic rings. The smallest absolute Gasteiger partial charge is 0.337 e. The van der Waals surface area contributed by atoms with E-state index in [1.807, 2.05) is 18.2 Å². The van der Waals surface area contributed by atoms with E-state index in [0.717, 1.165) is 31.8 Å². The van der Waals surface area contributed by atoms with Crippen LogP contribution in [-0.2, 0) is 17.5 Å². The van der Waals surface area contributed by atoms with E-state index in [9.17, 15) is 18.0 Å². The lowest BCUT2D eigenvalue weighted by atomic mass is 10.1. The monoisotopic (exact) mass is 374 g/mol. The first-order chi connectivity index (χ1) is 12.9. The summed E-state index contributed by atoms with van der Waals surface area (Å²) in [5.41, 5.74) is 1.12. The number of nitrogens with zero attached hydrogens (tertiary/aromatic N) is 2. The van der Waals surface area contributed by atoms with Gasteiger partial charge in [0.2, 0.25) is 5.91 Å². The molecule has 1 heterocycles. The summed E-state index contributed by atoms with van der Waals surface area (Å²) in [4.78, 5) is 16.4. The molecule has 1 aliphatic heterocycles. The third-order valence-electron chi connectivity index (χ3n) is 4.59. The van der Waals surface area contributed by atoms with Gasteiger partial charge < -0.3 is 4.90 Å². The van der Waals surface area contributed by atoms with Crippen LogP contribution < -0.4 is 0 Å². The summed E-state index contributed by atoms with van der Waals surface area (Å²) in [7, 11) is 0. The van der Waals surface area contributed by atoms with Gasteiger partial charge in [-0.1, -0.05) is 42.5 Å². The van der Waals surface area contributed by atoms with Gasteiger partial charge in [-0.2, -0.15) is 13.2 Å². The molecule has 0 spiro atoms. The average Bonchev–Trinajstić information content (AvgIpc) is 2.67. The van der Waals surface area contributed by atoms with Gasteiger partial charge in [-0.25, -0.2) is 0 Å². The van der Waals surface area contributed by atoms with Gasteiger partial charge >= 0.3 is 6.18 Å². The third kappa shape index (κ3) is 5.44.